The fraction of sp³-hybridized carbons (Fsp3) is 0.133. The molecule has 0 radical (unpaired) electrons. The van der Waals surface area contributed by atoms with Gasteiger partial charge in [0.2, 0.25) is 0 Å². The number of carbonyl (C=O) groups excluding carboxylic acids is 1. The van der Waals surface area contributed by atoms with E-state index >= 15 is 0 Å². The van der Waals surface area contributed by atoms with Crippen LogP contribution in [-0.4, -0.2) is 12.5 Å². The molecule has 0 atom stereocenters. The van der Waals surface area contributed by atoms with E-state index in [0.717, 1.165) is 18.2 Å². The SMILES string of the molecule is O=C1COc2ccc(NCc3cc(F)ccc3F)cc2N1. The molecular formula is C15H12F2N2O2. The summed E-state index contributed by atoms with van der Waals surface area (Å²) in [5, 5.41) is 5.66. The van der Waals surface area contributed by atoms with Crippen LogP contribution in [0.2, 0.25) is 0 Å². The van der Waals surface area contributed by atoms with E-state index in [0.29, 0.717) is 17.1 Å². The van der Waals surface area contributed by atoms with Crippen molar-refractivity contribution in [3.05, 3.63) is 53.6 Å². The molecule has 1 heterocycles. The van der Waals surface area contributed by atoms with Crippen LogP contribution in [-0.2, 0) is 11.3 Å². The maximum atomic E-state index is 13.5. The molecule has 21 heavy (non-hydrogen) atoms. The highest BCUT2D eigenvalue weighted by atomic mass is 19.1. The van der Waals surface area contributed by atoms with Crippen LogP contribution in [0, 0.1) is 11.6 Å². The summed E-state index contributed by atoms with van der Waals surface area (Å²) < 4.78 is 31.8. The Morgan fingerprint density at radius 1 is 1.19 bits per heavy atom. The van der Waals surface area contributed by atoms with Crippen LogP contribution in [0.3, 0.4) is 0 Å². The van der Waals surface area contributed by atoms with Gasteiger partial charge >= 0.3 is 0 Å². The predicted octanol–water partition coefficient (Wildman–Crippen LogP) is 2.91. The molecule has 6 heteroatoms. The molecule has 0 bridgehead atoms. The molecule has 0 spiro atoms. The van der Waals surface area contributed by atoms with E-state index in [4.69, 9.17) is 4.74 Å². The zero-order valence-electron chi connectivity index (χ0n) is 11.0. The van der Waals surface area contributed by atoms with Crippen molar-refractivity contribution in [1.29, 1.82) is 0 Å². The summed E-state index contributed by atoms with van der Waals surface area (Å²) in [4.78, 5) is 11.3. The molecule has 2 aromatic carbocycles. The second-order valence-electron chi connectivity index (χ2n) is 4.64. The number of hydrogen-bond donors (Lipinski definition) is 2. The Morgan fingerprint density at radius 2 is 2.05 bits per heavy atom. The Bertz CT molecular complexity index is 704. The number of ether oxygens (including phenoxy) is 1. The summed E-state index contributed by atoms with van der Waals surface area (Å²) in [6.07, 6.45) is 0. The zero-order chi connectivity index (χ0) is 14.8. The fourth-order valence-electron chi connectivity index (χ4n) is 2.07. The van der Waals surface area contributed by atoms with Crippen molar-refractivity contribution < 1.29 is 18.3 Å². The van der Waals surface area contributed by atoms with E-state index in [-0.39, 0.29) is 24.6 Å². The number of rotatable bonds is 3. The highest BCUT2D eigenvalue weighted by Gasteiger charge is 2.15. The van der Waals surface area contributed by atoms with Crippen molar-refractivity contribution >= 4 is 17.3 Å². The lowest BCUT2D eigenvalue weighted by atomic mass is 10.2. The van der Waals surface area contributed by atoms with E-state index in [2.05, 4.69) is 10.6 Å². The van der Waals surface area contributed by atoms with Gasteiger partial charge in [-0.1, -0.05) is 0 Å². The first kappa shape index (κ1) is 13.4. The highest BCUT2D eigenvalue weighted by molar-refractivity contribution is 5.96. The maximum Gasteiger partial charge on any atom is 0.262 e. The Balaban J connectivity index is 1.75. The fourth-order valence-corrected chi connectivity index (χ4v) is 2.07. The van der Waals surface area contributed by atoms with Crippen molar-refractivity contribution in [2.45, 2.75) is 6.54 Å². The molecule has 0 unspecified atom stereocenters. The van der Waals surface area contributed by atoms with Crippen molar-refractivity contribution in [3.8, 4) is 5.75 Å². The van der Waals surface area contributed by atoms with E-state index in [1.807, 2.05) is 0 Å². The van der Waals surface area contributed by atoms with E-state index < -0.39 is 11.6 Å². The topological polar surface area (TPSA) is 50.4 Å². The quantitative estimate of drug-likeness (QED) is 0.914. The van der Waals surface area contributed by atoms with Gasteiger partial charge in [-0.25, -0.2) is 8.78 Å². The Labute approximate surface area is 119 Å². The largest absolute Gasteiger partial charge is 0.482 e. The Kier molecular flexibility index (Phi) is 3.43. The van der Waals surface area contributed by atoms with Gasteiger partial charge in [0.1, 0.15) is 17.4 Å². The first-order valence-corrected chi connectivity index (χ1v) is 6.36. The third-order valence-corrected chi connectivity index (χ3v) is 3.10. The van der Waals surface area contributed by atoms with Crippen LogP contribution in [0.1, 0.15) is 5.56 Å². The minimum atomic E-state index is -0.487. The van der Waals surface area contributed by atoms with E-state index in [9.17, 15) is 13.6 Å². The number of carbonyl (C=O) groups is 1. The summed E-state index contributed by atoms with van der Waals surface area (Å²) >= 11 is 0. The molecule has 1 aliphatic rings. The summed E-state index contributed by atoms with van der Waals surface area (Å²) in [5.74, 6) is -0.606. The normalized spacial score (nSPS) is 13.1. The second kappa shape index (κ2) is 5.40. The first-order valence-electron chi connectivity index (χ1n) is 6.36. The van der Waals surface area contributed by atoms with Gasteiger partial charge in [0.15, 0.2) is 6.61 Å². The van der Waals surface area contributed by atoms with Crippen molar-refractivity contribution in [3.63, 3.8) is 0 Å². The number of nitrogens with one attached hydrogen (secondary N) is 2. The number of halogens is 2. The molecule has 1 amide bonds. The lowest BCUT2D eigenvalue weighted by Crippen LogP contribution is -2.25. The second-order valence-corrected chi connectivity index (χ2v) is 4.64. The summed E-state index contributed by atoms with van der Waals surface area (Å²) in [7, 11) is 0. The number of hydrogen-bond acceptors (Lipinski definition) is 3. The molecule has 3 rings (SSSR count). The summed E-state index contributed by atoms with van der Waals surface area (Å²) in [5.41, 5.74) is 1.45. The molecule has 0 saturated heterocycles. The van der Waals surface area contributed by atoms with Crippen LogP contribution in [0.5, 0.6) is 5.75 Å². The van der Waals surface area contributed by atoms with E-state index in [1.165, 1.54) is 0 Å². The molecule has 0 saturated carbocycles. The van der Waals surface area contributed by atoms with Crippen LogP contribution in [0.4, 0.5) is 20.2 Å². The molecule has 2 N–H and O–H groups in total. The standard InChI is InChI=1S/C15H12F2N2O2/c16-10-1-3-12(17)9(5-10)7-18-11-2-4-14-13(6-11)19-15(20)8-21-14/h1-6,18H,7-8H2,(H,19,20). The lowest BCUT2D eigenvalue weighted by molar-refractivity contribution is -0.118. The number of anilines is 2. The van der Waals surface area contributed by atoms with Crippen LogP contribution in [0.15, 0.2) is 36.4 Å². The minimum Gasteiger partial charge on any atom is -0.482 e. The van der Waals surface area contributed by atoms with Crippen molar-refractivity contribution in [1.82, 2.24) is 0 Å². The minimum absolute atomic E-state index is 0.00568. The first-order chi connectivity index (χ1) is 10.1. The summed E-state index contributed by atoms with van der Waals surface area (Å²) in [6, 6.07) is 8.44. The molecule has 108 valence electrons. The molecule has 0 aliphatic carbocycles. The van der Waals surface area contributed by atoms with Gasteiger partial charge in [0.05, 0.1) is 5.69 Å². The Morgan fingerprint density at radius 3 is 2.90 bits per heavy atom. The van der Waals surface area contributed by atoms with Crippen molar-refractivity contribution in [2.24, 2.45) is 0 Å². The number of amides is 1. The molecule has 2 aromatic rings. The van der Waals surface area contributed by atoms with Crippen molar-refractivity contribution in [2.75, 3.05) is 17.2 Å². The summed E-state index contributed by atoms with van der Waals surface area (Å²) in [6.45, 7) is 0.130. The molecular weight excluding hydrogens is 278 g/mol. The van der Waals surface area contributed by atoms with Gasteiger partial charge in [-0.2, -0.15) is 0 Å². The average Bonchev–Trinajstić information content (AvgIpc) is 2.47. The monoisotopic (exact) mass is 290 g/mol. The zero-order valence-corrected chi connectivity index (χ0v) is 11.0. The van der Waals surface area contributed by atoms with Gasteiger partial charge in [-0.3, -0.25) is 4.79 Å². The van der Waals surface area contributed by atoms with Gasteiger partial charge in [0, 0.05) is 17.8 Å². The van der Waals surface area contributed by atoms with Gasteiger partial charge in [-0.15, -0.1) is 0 Å². The molecule has 4 nitrogen and oxygen atoms in total. The lowest BCUT2D eigenvalue weighted by Gasteiger charge is -2.19. The van der Waals surface area contributed by atoms with Crippen LogP contribution < -0.4 is 15.4 Å². The van der Waals surface area contributed by atoms with Gasteiger partial charge < -0.3 is 15.4 Å². The maximum absolute atomic E-state index is 13.5. The highest BCUT2D eigenvalue weighted by Crippen LogP contribution is 2.30. The molecule has 0 fully saturated rings. The molecule has 0 aromatic heterocycles. The third kappa shape index (κ3) is 2.94. The number of fused-ring (bicyclic) bond motifs is 1. The predicted molar refractivity (Wildman–Crippen MR) is 74.3 cm³/mol. The Hall–Kier alpha value is -2.63. The molecule has 1 aliphatic heterocycles. The number of benzene rings is 2. The van der Waals surface area contributed by atoms with E-state index in [1.54, 1.807) is 18.2 Å². The van der Waals surface area contributed by atoms with Crippen LogP contribution >= 0.6 is 0 Å². The smallest absolute Gasteiger partial charge is 0.262 e. The van der Waals surface area contributed by atoms with Gasteiger partial charge in [0.25, 0.3) is 5.91 Å². The third-order valence-electron chi connectivity index (χ3n) is 3.10. The van der Waals surface area contributed by atoms with Gasteiger partial charge in [-0.05, 0) is 36.4 Å². The van der Waals surface area contributed by atoms with Crippen LogP contribution in [0.25, 0.3) is 0 Å². The average molecular weight is 290 g/mol.